The van der Waals surface area contributed by atoms with Crippen LogP contribution >= 0.6 is 0 Å². The number of nitrogens with two attached hydrogens (primary N) is 1. The van der Waals surface area contributed by atoms with Gasteiger partial charge in [-0.3, -0.25) is 4.79 Å². The molecule has 0 aromatic carbocycles. The van der Waals surface area contributed by atoms with E-state index in [1.165, 1.54) is 38.5 Å². The maximum absolute atomic E-state index is 11.9. The summed E-state index contributed by atoms with van der Waals surface area (Å²) in [4.78, 5) is 11.9. The molecule has 5 atom stereocenters. The molecule has 0 spiro atoms. The minimum atomic E-state index is -1.31. The van der Waals surface area contributed by atoms with Crippen LogP contribution in [-0.4, -0.2) is 58.5 Å². The Balaban J connectivity index is 2.15. The van der Waals surface area contributed by atoms with Gasteiger partial charge in [0.2, 0.25) is 6.29 Å². The number of esters is 1. The van der Waals surface area contributed by atoms with Crippen LogP contribution in [0, 0.1) is 0 Å². The number of aliphatic hydroxyl groups excluding tert-OH is 3. The molecule has 0 saturated carbocycles. The fourth-order valence-corrected chi connectivity index (χ4v) is 2.98. The third-order valence-electron chi connectivity index (χ3n) is 4.66. The van der Waals surface area contributed by atoms with Crippen LogP contribution in [0.15, 0.2) is 0 Å². The highest BCUT2D eigenvalue weighted by molar-refractivity contribution is 5.69. The number of hydrogen-bond acceptors (Lipinski definition) is 7. The zero-order valence-corrected chi connectivity index (χ0v) is 15.3. The number of rotatable bonds is 12. The van der Waals surface area contributed by atoms with Gasteiger partial charge in [-0.05, 0) is 6.42 Å². The molecule has 0 amide bonds. The molecule has 148 valence electrons. The van der Waals surface area contributed by atoms with E-state index in [4.69, 9.17) is 20.3 Å². The number of hydrogen-bond donors (Lipinski definition) is 4. The summed E-state index contributed by atoms with van der Waals surface area (Å²) in [5.41, 5.74) is 5.73. The molecule has 1 aliphatic heterocycles. The number of ether oxygens (including phenoxy) is 2. The van der Waals surface area contributed by atoms with Gasteiger partial charge >= 0.3 is 5.97 Å². The molecule has 0 aromatic heterocycles. The highest BCUT2D eigenvalue weighted by atomic mass is 16.7. The number of aliphatic hydroxyl groups is 3. The lowest BCUT2D eigenvalue weighted by Gasteiger charge is -2.39. The van der Waals surface area contributed by atoms with Crippen molar-refractivity contribution in [2.75, 3.05) is 6.61 Å². The molecule has 0 radical (unpaired) electrons. The van der Waals surface area contributed by atoms with Crippen LogP contribution in [0.1, 0.15) is 71.1 Å². The van der Waals surface area contributed by atoms with E-state index >= 15 is 0 Å². The first-order valence-corrected chi connectivity index (χ1v) is 9.58. The van der Waals surface area contributed by atoms with E-state index in [1.807, 2.05) is 0 Å². The summed E-state index contributed by atoms with van der Waals surface area (Å²) in [6.45, 7) is 1.72. The second-order valence-electron chi connectivity index (χ2n) is 6.85. The van der Waals surface area contributed by atoms with E-state index in [9.17, 15) is 15.0 Å². The van der Waals surface area contributed by atoms with Crippen molar-refractivity contribution in [1.82, 2.24) is 0 Å². The van der Waals surface area contributed by atoms with Crippen molar-refractivity contribution in [2.24, 2.45) is 5.73 Å². The first kappa shape index (κ1) is 22.3. The maximum Gasteiger partial charge on any atom is 0.308 e. The Morgan fingerprint density at radius 3 is 2.12 bits per heavy atom. The van der Waals surface area contributed by atoms with Gasteiger partial charge in [0.15, 0.2) is 0 Å². The van der Waals surface area contributed by atoms with Crippen molar-refractivity contribution in [3.8, 4) is 0 Å². The fourth-order valence-electron chi connectivity index (χ4n) is 2.98. The summed E-state index contributed by atoms with van der Waals surface area (Å²) < 4.78 is 10.4. The molecule has 1 unspecified atom stereocenters. The predicted octanol–water partition coefficient (Wildman–Crippen LogP) is 1.22. The van der Waals surface area contributed by atoms with Crippen LogP contribution < -0.4 is 5.73 Å². The van der Waals surface area contributed by atoms with Gasteiger partial charge in [-0.1, -0.05) is 58.3 Å². The van der Waals surface area contributed by atoms with Gasteiger partial charge in [-0.15, -0.1) is 0 Å². The average Bonchev–Trinajstić information content (AvgIpc) is 2.60. The van der Waals surface area contributed by atoms with Crippen molar-refractivity contribution < 1.29 is 29.6 Å². The van der Waals surface area contributed by atoms with Crippen molar-refractivity contribution in [2.45, 2.75) is 102 Å². The normalized spacial score (nSPS) is 29.6. The minimum Gasteiger partial charge on any atom is -0.434 e. The summed E-state index contributed by atoms with van der Waals surface area (Å²) >= 11 is 0. The van der Waals surface area contributed by atoms with Crippen molar-refractivity contribution in [3.05, 3.63) is 0 Å². The van der Waals surface area contributed by atoms with E-state index in [1.54, 1.807) is 0 Å². The van der Waals surface area contributed by atoms with Crippen molar-refractivity contribution in [1.29, 1.82) is 0 Å². The highest BCUT2D eigenvalue weighted by Gasteiger charge is 2.44. The molecule has 1 heterocycles. The Morgan fingerprint density at radius 2 is 1.56 bits per heavy atom. The highest BCUT2D eigenvalue weighted by Crippen LogP contribution is 2.21. The van der Waals surface area contributed by atoms with Crippen LogP contribution in [0.5, 0.6) is 0 Å². The van der Waals surface area contributed by atoms with E-state index in [-0.39, 0.29) is 6.42 Å². The zero-order chi connectivity index (χ0) is 18.7. The van der Waals surface area contributed by atoms with E-state index < -0.39 is 43.2 Å². The van der Waals surface area contributed by atoms with Crippen LogP contribution in [0.2, 0.25) is 0 Å². The molecular weight excluding hydrogens is 326 g/mol. The third-order valence-corrected chi connectivity index (χ3v) is 4.66. The average molecular weight is 361 g/mol. The fraction of sp³-hybridized carbons (Fsp3) is 0.944. The summed E-state index contributed by atoms with van der Waals surface area (Å²) in [5.74, 6) is -0.441. The number of carbonyl (C=O) groups excluding carboxylic acids is 1. The van der Waals surface area contributed by atoms with Crippen LogP contribution in [0.25, 0.3) is 0 Å². The molecule has 0 bridgehead atoms. The lowest BCUT2D eigenvalue weighted by molar-refractivity contribution is -0.259. The second-order valence-corrected chi connectivity index (χ2v) is 6.85. The Hall–Kier alpha value is -0.730. The first-order chi connectivity index (χ1) is 12.0. The monoisotopic (exact) mass is 361 g/mol. The molecular formula is C18H35NO6. The summed E-state index contributed by atoms with van der Waals surface area (Å²) in [5, 5.41) is 28.7. The van der Waals surface area contributed by atoms with Crippen LogP contribution in [-0.2, 0) is 14.3 Å². The van der Waals surface area contributed by atoms with Crippen molar-refractivity contribution in [3.63, 3.8) is 0 Å². The van der Waals surface area contributed by atoms with Crippen molar-refractivity contribution >= 4 is 5.97 Å². The topological polar surface area (TPSA) is 122 Å². The van der Waals surface area contributed by atoms with Gasteiger partial charge in [-0.25, -0.2) is 0 Å². The molecule has 1 fully saturated rings. The molecule has 1 saturated heterocycles. The smallest absolute Gasteiger partial charge is 0.308 e. The van der Waals surface area contributed by atoms with E-state index in [0.717, 1.165) is 19.3 Å². The lowest BCUT2D eigenvalue weighted by Crippen LogP contribution is -2.62. The van der Waals surface area contributed by atoms with Crippen LogP contribution in [0.3, 0.4) is 0 Å². The number of carbonyl (C=O) groups is 1. The lowest BCUT2D eigenvalue weighted by atomic mass is 9.98. The summed E-state index contributed by atoms with van der Waals surface area (Å²) in [6, 6.07) is -1.04. The first-order valence-electron chi connectivity index (χ1n) is 9.58. The molecule has 7 nitrogen and oxygen atoms in total. The summed E-state index contributed by atoms with van der Waals surface area (Å²) in [7, 11) is 0. The van der Waals surface area contributed by atoms with Gasteiger partial charge in [0.25, 0.3) is 0 Å². The van der Waals surface area contributed by atoms with Gasteiger partial charge < -0.3 is 30.5 Å². The number of unbranched alkanes of at least 4 members (excludes halogenated alkanes) is 8. The quantitative estimate of drug-likeness (QED) is 0.304. The molecule has 7 heteroatoms. The van der Waals surface area contributed by atoms with Crippen LogP contribution in [0.4, 0.5) is 0 Å². The molecule has 0 aliphatic carbocycles. The second kappa shape index (κ2) is 12.6. The van der Waals surface area contributed by atoms with Gasteiger partial charge in [0.1, 0.15) is 18.3 Å². The Morgan fingerprint density at radius 1 is 1.00 bits per heavy atom. The van der Waals surface area contributed by atoms with E-state index in [2.05, 4.69) is 6.92 Å². The van der Waals surface area contributed by atoms with E-state index in [0.29, 0.717) is 0 Å². The third kappa shape index (κ3) is 8.00. The molecule has 1 rings (SSSR count). The van der Waals surface area contributed by atoms with Gasteiger partial charge in [-0.2, -0.15) is 0 Å². The Bertz CT molecular complexity index is 365. The zero-order valence-electron chi connectivity index (χ0n) is 15.3. The molecule has 5 N–H and O–H groups in total. The molecule has 1 aliphatic rings. The standard InChI is InChI=1S/C18H35NO6/c1-2-3-4-5-6-7-8-9-10-11-14(21)25-18-15(19)17(23)16(22)13(12-20)24-18/h13,15-18,20,22-23H,2-12,19H2,1H3/t13-,15-,16-,17-,18?/m1/s1. The molecule has 0 aromatic rings. The molecule has 25 heavy (non-hydrogen) atoms. The minimum absolute atomic E-state index is 0.269. The largest absolute Gasteiger partial charge is 0.434 e. The Kier molecular flexibility index (Phi) is 11.2. The Labute approximate surface area is 150 Å². The van der Waals surface area contributed by atoms with Gasteiger partial charge in [0.05, 0.1) is 12.6 Å². The predicted molar refractivity (Wildman–Crippen MR) is 93.7 cm³/mol. The maximum atomic E-state index is 11.9. The SMILES string of the molecule is CCCCCCCCCCCC(=O)OC1O[C@H](CO)[C@@H](O)[C@H](O)[C@H]1N. The summed E-state index contributed by atoms with van der Waals surface area (Å²) in [6.07, 6.45) is 5.91. The van der Waals surface area contributed by atoms with Gasteiger partial charge in [0, 0.05) is 6.42 Å².